The van der Waals surface area contributed by atoms with Gasteiger partial charge in [-0.15, -0.1) is 0 Å². The molecule has 27 heavy (non-hydrogen) atoms. The topological polar surface area (TPSA) is 87.6 Å². The van der Waals surface area contributed by atoms with Crippen molar-refractivity contribution < 1.29 is 9.52 Å². The summed E-state index contributed by atoms with van der Waals surface area (Å²) in [5, 5.41) is 21.2. The van der Waals surface area contributed by atoms with Crippen LogP contribution in [0.3, 0.4) is 0 Å². The van der Waals surface area contributed by atoms with Gasteiger partial charge < -0.3 is 20.2 Å². The Labute approximate surface area is 158 Å². The van der Waals surface area contributed by atoms with Crippen LogP contribution in [0.5, 0.6) is 0 Å². The van der Waals surface area contributed by atoms with Gasteiger partial charge in [0.15, 0.2) is 5.96 Å². The van der Waals surface area contributed by atoms with E-state index >= 15 is 0 Å². The molecule has 0 amide bonds. The minimum atomic E-state index is -1.13. The maximum Gasteiger partial charge on any atom is 0.191 e. The standard InChI is InChI=1S/C20H25N5O2/c1-3-21-19(23-15-20(2,26)18-9-5-12-27-18)22-14-16-7-4-8-17(13-16)25-11-6-10-24-25/h4-13,26H,3,14-15H2,1-2H3,(H2,21,22,23). The van der Waals surface area contributed by atoms with Gasteiger partial charge in [-0.1, -0.05) is 12.1 Å². The van der Waals surface area contributed by atoms with Gasteiger partial charge in [0, 0.05) is 18.9 Å². The average molecular weight is 367 g/mol. The Balaban J connectivity index is 1.66. The van der Waals surface area contributed by atoms with E-state index in [2.05, 4.69) is 26.8 Å². The molecule has 0 fully saturated rings. The molecule has 0 bridgehead atoms. The van der Waals surface area contributed by atoms with Gasteiger partial charge in [-0.2, -0.15) is 5.10 Å². The number of guanidine groups is 1. The van der Waals surface area contributed by atoms with Gasteiger partial charge in [-0.25, -0.2) is 9.67 Å². The minimum Gasteiger partial charge on any atom is -0.466 e. The Kier molecular flexibility index (Phi) is 5.93. The van der Waals surface area contributed by atoms with E-state index in [0.717, 1.165) is 17.8 Å². The third kappa shape index (κ3) is 4.98. The summed E-state index contributed by atoms with van der Waals surface area (Å²) in [6, 6.07) is 13.5. The first-order chi connectivity index (χ1) is 13.1. The molecule has 0 radical (unpaired) electrons. The summed E-state index contributed by atoms with van der Waals surface area (Å²) in [5.41, 5.74) is 0.934. The van der Waals surface area contributed by atoms with Gasteiger partial charge in [0.1, 0.15) is 11.4 Å². The van der Waals surface area contributed by atoms with Crippen LogP contribution in [0.4, 0.5) is 0 Å². The van der Waals surface area contributed by atoms with Gasteiger partial charge in [0.25, 0.3) is 0 Å². The van der Waals surface area contributed by atoms with Crippen molar-refractivity contribution in [1.29, 1.82) is 0 Å². The SMILES string of the molecule is CCNC(=NCc1cccc(-n2cccn2)c1)NCC(C)(O)c1ccco1. The summed E-state index contributed by atoms with van der Waals surface area (Å²) in [4.78, 5) is 4.61. The number of nitrogens with one attached hydrogen (secondary N) is 2. The minimum absolute atomic E-state index is 0.277. The quantitative estimate of drug-likeness (QED) is 0.441. The predicted octanol–water partition coefficient (Wildman–Crippen LogP) is 2.43. The molecule has 2 aromatic heterocycles. The maximum atomic E-state index is 10.6. The molecule has 0 saturated carbocycles. The van der Waals surface area contributed by atoms with E-state index in [1.165, 1.54) is 0 Å². The van der Waals surface area contributed by atoms with E-state index < -0.39 is 5.60 Å². The van der Waals surface area contributed by atoms with E-state index in [1.54, 1.807) is 31.5 Å². The molecule has 2 heterocycles. The lowest BCUT2D eigenvalue weighted by Gasteiger charge is -2.22. The van der Waals surface area contributed by atoms with Crippen molar-refractivity contribution in [1.82, 2.24) is 20.4 Å². The van der Waals surface area contributed by atoms with Gasteiger partial charge >= 0.3 is 0 Å². The second-order valence-corrected chi connectivity index (χ2v) is 6.42. The highest BCUT2D eigenvalue weighted by molar-refractivity contribution is 5.79. The number of nitrogens with zero attached hydrogens (tertiary/aromatic N) is 3. The zero-order chi connectivity index (χ0) is 19.1. The lowest BCUT2D eigenvalue weighted by atomic mass is 10.0. The van der Waals surface area contributed by atoms with Crippen LogP contribution in [0.2, 0.25) is 0 Å². The number of rotatable bonds is 7. The number of hydrogen-bond donors (Lipinski definition) is 3. The molecule has 3 rings (SSSR count). The highest BCUT2D eigenvalue weighted by Crippen LogP contribution is 2.19. The van der Waals surface area contributed by atoms with Crippen molar-refractivity contribution >= 4 is 5.96 Å². The van der Waals surface area contributed by atoms with Crippen molar-refractivity contribution in [3.05, 3.63) is 72.4 Å². The monoisotopic (exact) mass is 367 g/mol. The molecular formula is C20H25N5O2. The van der Waals surface area contributed by atoms with Crippen LogP contribution < -0.4 is 10.6 Å². The molecule has 0 saturated heterocycles. The highest BCUT2D eigenvalue weighted by atomic mass is 16.4. The van der Waals surface area contributed by atoms with E-state index in [-0.39, 0.29) is 6.54 Å². The summed E-state index contributed by atoms with van der Waals surface area (Å²) in [6.45, 7) is 5.21. The molecule has 0 spiro atoms. The Bertz CT molecular complexity index is 854. The zero-order valence-corrected chi connectivity index (χ0v) is 15.6. The van der Waals surface area contributed by atoms with Crippen LogP contribution in [-0.2, 0) is 12.1 Å². The fourth-order valence-corrected chi connectivity index (χ4v) is 2.66. The van der Waals surface area contributed by atoms with Crippen LogP contribution in [0.15, 0.2) is 70.5 Å². The number of furan rings is 1. The summed E-state index contributed by atoms with van der Waals surface area (Å²) < 4.78 is 7.13. The Morgan fingerprint density at radius 3 is 2.85 bits per heavy atom. The van der Waals surface area contributed by atoms with Crippen LogP contribution >= 0.6 is 0 Å². The lowest BCUT2D eigenvalue weighted by molar-refractivity contribution is 0.0386. The van der Waals surface area contributed by atoms with Crippen molar-refractivity contribution in [2.75, 3.05) is 13.1 Å². The van der Waals surface area contributed by atoms with Crippen molar-refractivity contribution in [2.45, 2.75) is 26.0 Å². The molecule has 3 aromatic rings. The first-order valence-corrected chi connectivity index (χ1v) is 8.96. The molecule has 0 aliphatic carbocycles. The molecule has 1 aromatic carbocycles. The summed E-state index contributed by atoms with van der Waals surface area (Å²) in [5.74, 6) is 1.14. The second kappa shape index (κ2) is 8.55. The van der Waals surface area contributed by atoms with Crippen molar-refractivity contribution in [3.63, 3.8) is 0 Å². The number of benzene rings is 1. The summed E-state index contributed by atoms with van der Waals surface area (Å²) in [6.07, 6.45) is 5.21. The molecular weight excluding hydrogens is 342 g/mol. The first kappa shape index (κ1) is 18.7. The Morgan fingerprint density at radius 1 is 1.26 bits per heavy atom. The molecule has 1 unspecified atom stereocenters. The van der Waals surface area contributed by atoms with Crippen LogP contribution in [0.25, 0.3) is 5.69 Å². The molecule has 142 valence electrons. The van der Waals surface area contributed by atoms with Gasteiger partial charge in [-0.3, -0.25) is 0 Å². The Hall–Kier alpha value is -3.06. The third-order valence-corrected chi connectivity index (χ3v) is 4.10. The molecule has 3 N–H and O–H groups in total. The average Bonchev–Trinajstić information content (AvgIpc) is 3.38. The van der Waals surface area contributed by atoms with E-state index in [1.807, 2.05) is 42.1 Å². The molecule has 7 heteroatoms. The molecule has 7 nitrogen and oxygen atoms in total. The highest BCUT2D eigenvalue weighted by Gasteiger charge is 2.26. The van der Waals surface area contributed by atoms with E-state index in [0.29, 0.717) is 18.3 Å². The molecule has 1 atom stereocenters. The molecule has 0 aliphatic heterocycles. The first-order valence-electron chi connectivity index (χ1n) is 8.96. The number of hydrogen-bond acceptors (Lipinski definition) is 4. The number of aromatic nitrogens is 2. The van der Waals surface area contributed by atoms with Crippen LogP contribution in [0.1, 0.15) is 25.2 Å². The van der Waals surface area contributed by atoms with E-state index in [4.69, 9.17) is 4.42 Å². The largest absolute Gasteiger partial charge is 0.466 e. The number of aliphatic imine (C=N–C) groups is 1. The Morgan fingerprint density at radius 2 is 2.15 bits per heavy atom. The van der Waals surface area contributed by atoms with Gasteiger partial charge in [0.2, 0.25) is 0 Å². The summed E-state index contributed by atoms with van der Waals surface area (Å²) >= 11 is 0. The fourth-order valence-electron chi connectivity index (χ4n) is 2.66. The van der Waals surface area contributed by atoms with Crippen molar-refractivity contribution in [3.8, 4) is 5.69 Å². The molecule has 0 aliphatic rings. The second-order valence-electron chi connectivity index (χ2n) is 6.42. The van der Waals surface area contributed by atoms with Crippen LogP contribution in [-0.4, -0.2) is 33.9 Å². The number of aliphatic hydroxyl groups is 1. The normalized spacial score (nSPS) is 14.0. The van der Waals surface area contributed by atoms with Gasteiger partial charge in [0.05, 0.1) is 25.0 Å². The summed E-state index contributed by atoms with van der Waals surface area (Å²) in [7, 11) is 0. The third-order valence-electron chi connectivity index (χ3n) is 4.10. The lowest BCUT2D eigenvalue weighted by Crippen LogP contribution is -2.44. The van der Waals surface area contributed by atoms with E-state index in [9.17, 15) is 5.11 Å². The van der Waals surface area contributed by atoms with Gasteiger partial charge in [-0.05, 0) is 49.7 Å². The van der Waals surface area contributed by atoms with Crippen LogP contribution in [0, 0.1) is 0 Å². The van der Waals surface area contributed by atoms with Crippen molar-refractivity contribution in [2.24, 2.45) is 4.99 Å². The zero-order valence-electron chi connectivity index (χ0n) is 15.6. The smallest absolute Gasteiger partial charge is 0.191 e. The predicted molar refractivity (Wildman–Crippen MR) is 105 cm³/mol. The maximum absolute atomic E-state index is 10.6. The fraction of sp³-hybridized carbons (Fsp3) is 0.300.